The summed E-state index contributed by atoms with van der Waals surface area (Å²) in [6, 6.07) is 10.8. The third-order valence-electron chi connectivity index (χ3n) is 4.34. The maximum Gasteiger partial charge on any atom is 0.216 e. The number of sulfonamides is 1. The number of hydrogen-bond acceptors (Lipinski definition) is 2. The largest absolute Gasteiger partial charge is 0.216 e. The lowest BCUT2D eigenvalue weighted by molar-refractivity contribution is 0.566. The molecule has 6 heteroatoms. The summed E-state index contributed by atoms with van der Waals surface area (Å²) in [5.41, 5.74) is 4.23. The second kappa shape index (κ2) is 7.04. The molecule has 2 aromatic carbocycles. The molecular formula is C18H19Cl2NO2S. The van der Waals surface area contributed by atoms with Crippen LogP contribution in [0, 0.1) is 0 Å². The van der Waals surface area contributed by atoms with Crippen molar-refractivity contribution in [3.05, 3.63) is 68.7 Å². The number of nitrogens with one attached hydrogen (secondary N) is 1. The Morgan fingerprint density at radius 1 is 1.08 bits per heavy atom. The van der Waals surface area contributed by atoms with Crippen LogP contribution in [0.15, 0.2) is 36.4 Å². The minimum atomic E-state index is -3.51. The Balaban J connectivity index is 1.74. The molecular weight excluding hydrogens is 365 g/mol. The summed E-state index contributed by atoms with van der Waals surface area (Å²) in [6.07, 6.45) is 3.36. The maximum atomic E-state index is 12.5. The van der Waals surface area contributed by atoms with Gasteiger partial charge >= 0.3 is 0 Å². The van der Waals surface area contributed by atoms with E-state index in [1.807, 2.05) is 13.0 Å². The first-order valence-corrected chi connectivity index (χ1v) is 10.3. The van der Waals surface area contributed by atoms with Crippen molar-refractivity contribution in [1.82, 2.24) is 4.72 Å². The summed E-state index contributed by atoms with van der Waals surface area (Å²) in [5, 5.41) is 0.846. The fourth-order valence-corrected chi connectivity index (χ4v) is 5.06. The van der Waals surface area contributed by atoms with E-state index in [9.17, 15) is 8.42 Å². The summed E-state index contributed by atoms with van der Waals surface area (Å²) in [7, 11) is -3.51. The first-order chi connectivity index (χ1) is 11.3. The first kappa shape index (κ1) is 17.7. The second-order valence-electron chi connectivity index (χ2n) is 6.22. The smallest absolute Gasteiger partial charge is 0.212 e. The van der Waals surface area contributed by atoms with Crippen LogP contribution < -0.4 is 4.72 Å². The van der Waals surface area contributed by atoms with Crippen LogP contribution >= 0.6 is 23.2 Å². The third-order valence-corrected chi connectivity index (χ3v) is 6.33. The molecule has 1 N–H and O–H groups in total. The van der Waals surface area contributed by atoms with Gasteiger partial charge in [-0.15, -0.1) is 0 Å². The van der Waals surface area contributed by atoms with Gasteiger partial charge in [-0.2, -0.15) is 0 Å². The number of rotatable bonds is 5. The van der Waals surface area contributed by atoms with Crippen LogP contribution in [0.5, 0.6) is 0 Å². The van der Waals surface area contributed by atoms with Gasteiger partial charge in [-0.25, -0.2) is 13.1 Å². The van der Waals surface area contributed by atoms with Crippen LogP contribution in [0.2, 0.25) is 10.0 Å². The number of hydrogen-bond donors (Lipinski definition) is 1. The lowest BCUT2D eigenvalue weighted by Crippen LogP contribution is -2.28. The predicted octanol–water partition coefficient (Wildman–Crippen LogP) is 4.66. The van der Waals surface area contributed by atoms with Gasteiger partial charge in [0.15, 0.2) is 0 Å². The number of aryl methyl sites for hydroxylation is 2. The highest BCUT2D eigenvalue weighted by Gasteiger charge is 2.19. The molecule has 1 atom stereocenters. The molecule has 24 heavy (non-hydrogen) atoms. The van der Waals surface area contributed by atoms with Gasteiger partial charge in [0.25, 0.3) is 0 Å². The molecule has 0 saturated heterocycles. The Morgan fingerprint density at radius 2 is 1.83 bits per heavy atom. The summed E-state index contributed by atoms with van der Waals surface area (Å²) in [5.74, 6) is -0.168. The average Bonchev–Trinajstić information content (AvgIpc) is 2.97. The second-order valence-corrected chi connectivity index (χ2v) is 8.81. The summed E-state index contributed by atoms with van der Waals surface area (Å²) in [6.45, 7) is 1.86. The minimum Gasteiger partial charge on any atom is -0.212 e. The summed E-state index contributed by atoms with van der Waals surface area (Å²) >= 11 is 11.9. The fraction of sp³-hybridized carbons (Fsp3) is 0.333. The van der Waals surface area contributed by atoms with Crippen LogP contribution in [-0.4, -0.2) is 8.42 Å². The molecule has 1 aliphatic carbocycles. The van der Waals surface area contributed by atoms with Crippen molar-refractivity contribution in [2.45, 2.75) is 38.0 Å². The minimum absolute atomic E-state index is 0.168. The standard InChI is InChI=1S/C18H19Cl2NO2S/c1-12(14-6-5-13-3-2-4-15(13)9-14)21-24(22,23)11-16-7-8-17(19)10-18(16)20/h5-10,12,21H,2-4,11H2,1H3/t12-/m0/s1. The lowest BCUT2D eigenvalue weighted by Gasteiger charge is -2.16. The van der Waals surface area contributed by atoms with E-state index in [-0.39, 0.29) is 11.8 Å². The van der Waals surface area contributed by atoms with E-state index in [0.717, 1.165) is 18.4 Å². The molecule has 3 rings (SSSR count). The summed E-state index contributed by atoms with van der Waals surface area (Å²) in [4.78, 5) is 0. The van der Waals surface area contributed by atoms with Gasteiger partial charge < -0.3 is 0 Å². The molecule has 2 aromatic rings. The topological polar surface area (TPSA) is 46.2 Å². The summed E-state index contributed by atoms with van der Waals surface area (Å²) < 4.78 is 27.6. The molecule has 0 saturated carbocycles. The molecule has 1 aliphatic rings. The average molecular weight is 384 g/mol. The van der Waals surface area contributed by atoms with Crippen LogP contribution in [0.4, 0.5) is 0 Å². The van der Waals surface area contributed by atoms with Crippen LogP contribution in [0.25, 0.3) is 0 Å². The number of halogens is 2. The Morgan fingerprint density at radius 3 is 2.58 bits per heavy atom. The van der Waals surface area contributed by atoms with Gasteiger partial charge in [0, 0.05) is 16.1 Å². The molecule has 0 aromatic heterocycles. The van der Waals surface area contributed by atoms with Gasteiger partial charge in [-0.3, -0.25) is 0 Å². The molecule has 3 nitrogen and oxygen atoms in total. The van der Waals surface area contributed by atoms with E-state index in [0.29, 0.717) is 15.6 Å². The van der Waals surface area contributed by atoms with Crippen LogP contribution in [0.3, 0.4) is 0 Å². The van der Waals surface area contributed by atoms with Crippen molar-refractivity contribution >= 4 is 33.2 Å². The van der Waals surface area contributed by atoms with Crippen molar-refractivity contribution in [3.8, 4) is 0 Å². The molecule has 0 unspecified atom stereocenters. The van der Waals surface area contributed by atoms with E-state index in [4.69, 9.17) is 23.2 Å². The van der Waals surface area contributed by atoms with E-state index in [2.05, 4.69) is 16.9 Å². The van der Waals surface area contributed by atoms with Crippen molar-refractivity contribution in [3.63, 3.8) is 0 Å². The van der Waals surface area contributed by atoms with Crippen LogP contribution in [-0.2, 0) is 28.6 Å². The SMILES string of the molecule is C[C@H](NS(=O)(=O)Cc1ccc(Cl)cc1Cl)c1ccc2c(c1)CCC2. The highest BCUT2D eigenvalue weighted by Crippen LogP contribution is 2.27. The Hall–Kier alpha value is -1.07. The highest BCUT2D eigenvalue weighted by atomic mass is 35.5. The van der Waals surface area contributed by atoms with E-state index in [1.54, 1.807) is 18.2 Å². The molecule has 128 valence electrons. The lowest BCUT2D eigenvalue weighted by atomic mass is 10.0. The van der Waals surface area contributed by atoms with Crippen molar-refractivity contribution in [1.29, 1.82) is 0 Å². The zero-order valence-corrected chi connectivity index (χ0v) is 15.7. The van der Waals surface area contributed by atoms with E-state index in [1.165, 1.54) is 17.5 Å². The number of benzene rings is 2. The van der Waals surface area contributed by atoms with E-state index < -0.39 is 10.0 Å². The number of fused-ring (bicyclic) bond motifs is 1. The molecule has 0 amide bonds. The van der Waals surface area contributed by atoms with Crippen molar-refractivity contribution in [2.24, 2.45) is 0 Å². The van der Waals surface area contributed by atoms with Gasteiger partial charge in [0.2, 0.25) is 10.0 Å². The van der Waals surface area contributed by atoms with Gasteiger partial charge in [0.1, 0.15) is 0 Å². The Labute approximate surface area is 153 Å². The predicted molar refractivity (Wildman–Crippen MR) is 99.1 cm³/mol. The quantitative estimate of drug-likeness (QED) is 0.815. The molecule has 0 radical (unpaired) electrons. The molecule has 0 fully saturated rings. The molecule has 0 spiro atoms. The van der Waals surface area contributed by atoms with Gasteiger partial charge in [-0.1, -0.05) is 47.5 Å². The third kappa shape index (κ3) is 4.12. The van der Waals surface area contributed by atoms with Gasteiger partial charge in [-0.05, 0) is 60.6 Å². The van der Waals surface area contributed by atoms with Gasteiger partial charge in [0.05, 0.1) is 5.75 Å². The van der Waals surface area contributed by atoms with Crippen molar-refractivity contribution in [2.75, 3.05) is 0 Å². The van der Waals surface area contributed by atoms with Crippen LogP contribution in [0.1, 0.15) is 41.6 Å². The Bertz CT molecular complexity index is 865. The first-order valence-electron chi connectivity index (χ1n) is 7.90. The Kier molecular flexibility index (Phi) is 5.21. The highest BCUT2D eigenvalue weighted by molar-refractivity contribution is 7.88. The zero-order valence-electron chi connectivity index (χ0n) is 13.4. The fourth-order valence-electron chi connectivity index (χ4n) is 3.08. The maximum absolute atomic E-state index is 12.5. The van der Waals surface area contributed by atoms with Crippen molar-refractivity contribution < 1.29 is 8.42 Å². The molecule has 0 aliphatic heterocycles. The monoisotopic (exact) mass is 383 g/mol. The zero-order chi connectivity index (χ0) is 17.3. The van der Waals surface area contributed by atoms with E-state index >= 15 is 0 Å². The molecule has 0 bridgehead atoms. The molecule has 0 heterocycles. The normalized spacial score (nSPS) is 15.3.